The summed E-state index contributed by atoms with van der Waals surface area (Å²) in [5.74, 6) is 0.776. The van der Waals surface area contributed by atoms with E-state index in [0.29, 0.717) is 12.2 Å². The third-order valence-corrected chi connectivity index (χ3v) is 4.82. The fraction of sp³-hybridized carbons (Fsp3) is 0.450. The fourth-order valence-electron chi connectivity index (χ4n) is 3.64. The molecule has 1 atom stereocenters. The minimum Gasteiger partial charge on any atom is -0.455 e. The van der Waals surface area contributed by atoms with Crippen molar-refractivity contribution >= 4 is 11.6 Å². The number of nitrogens with one attached hydrogen (secondary N) is 1. The van der Waals surface area contributed by atoms with Crippen molar-refractivity contribution in [3.05, 3.63) is 52.0 Å². The van der Waals surface area contributed by atoms with Crippen molar-refractivity contribution in [2.45, 2.75) is 53.6 Å². The Kier molecular flexibility index (Phi) is 4.04. The fourth-order valence-corrected chi connectivity index (χ4v) is 3.64. The van der Waals surface area contributed by atoms with E-state index in [1.165, 1.54) is 0 Å². The van der Waals surface area contributed by atoms with Crippen LogP contribution in [0.2, 0.25) is 0 Å². The second-order valence-corrected chi connectivity index (χ2v) is 7.73. The molecule has 0 radical (unpaired) electrons. The van der Waals surface area contributed by atoms with Gasteiger partial charge in [-0.3, -0.25) is 4.79 Å². The summed E-state index contributed by atoms with van der Waals surface area (Å²) in [6.45, 7) is 10.0. The Hall–Kier alpha value is -2.07. The van der Waals surface area contributed by atoms with Crippen LogP contribution in [0.15, 0.2) is 22.6 Å². The van der Waals surface area contributed by atoms with Gasteiger partial charge in [-0.1, -0.05) is 31.5 Å². The third kappa shape index (κ3) is 2.98. The molecule has 2 N–H and O–H groups in total. The predicted octanol–water partition coefficient (Wildman–Crippen LogP) is 4.46. The van der Waals surface area contributed by atoms with E-state index in [1.807, 2.05) is 39.0 Å². The maximum Gasteiger partial charge on any atom is 0.291 e. The molecule has 3 rings (SSSR count). The normalized spacial score (nSPS) is 19.0. The molecule has 0 saturated carbocycles. The minimum atomic E-state index is -0.574. The molecule has 128 valence electrons. The molecule has 0 spiro atoms. The highest BCUT2D eigenvalue weighted by Gasteiger charge is 2.37. The lowest BCUT2D eigenvalue weighted by molar-refractivity contribution is 0.0910. The lowest BCUT2D eigenvalue weighted by Crippen LogP contribution is -2.24. The van der Waals surface area contributed by atoms with Crippen molar-refractivity contribution in [2.24, 2.45) is 5.41 Å². The second-order valence-electron chi connectivity index (χ2n) is 7.73. The maximum absolute atomic E-state index is 12.7. The second kappa shape index (κ2) is 5.78. The summed E-state index contributed by atoms with van der Waals surface area (Å²) in [6.07, 6.45) is 0.838. The molecule has 4 heteroatoms. The van der Waals surface area contributed by atoms with Gasteiger partial charge in [-0.25, -0.2) is 0 Å². The molecule has 2 aromatic rings. The first kappa shape index (κ1) is 16.8. The SMILES string of the molecule is Cc1ccc(NC(=O)c2oc3c(c2C)[C@H](O)CC(C)(C)C3)c(C)c1. The molecule has 24 heavy (non-hydrogen) atoms. The van der Waals surface area contributed by atoms with Gasteiger partial charge < -0.3 is 14.8 Å². The van der Waals surface area contributed by atoms with E-state index in [-0.39, 0.29) is 11.3 Å². The van der Waals surface area contributed by atoms with Crippen LogP contribution in [0.1, 0.15) is 64.9 Å². The van der Waals surface area contributed by atoms with Gasteiger partial charge in [-0.05, 0) is 44.2 Å². The Labute approximate surface area is 142 Å². The van der Waals surface area contributed by atoms with E-state index in [4.69, 9.17) is 4.42 Å². The molecule has 1 aromatic carbocycles. The number of aliphatic hydroxyl groups excluding tert-OH is 1. The molecule has 1 aromatic heterocycles. The molecular formula is C20H25NO3. The Balaban J connectivity index is 1.92. The quantitative estimate of drug-likeness (QED) is 0.856. The summed E-state index contributed by atoms with van der Waals surface area (Å²) >= 11 is 0. The average Bonchev–Trinajstić information content (AvgIpc) is 2.77. The Bertz CT molecular complexity index is 801. The van der Waals surface area contributed by atoms with Crippen LogP contribution in [-0.2, 0) is 6.42 Å². The summed E-state index contributed by atoms with van der Waals surface area (Å²) in [5, 5.41) is 13.4. The van der Waals surface area contributed by atoms with Crippen LogP contribution in [0.4, 0.5) is 5.69 Å². The molecule has 0 aliphatic heterocycles. The van der Waals surface area contributed by atoms with Crippen molar-refractivity contribution in [2.75, 3.05) is 5.32 Å². The molecule has 1 amide bonds. The number of aryl methyl sites for hydroxylation is 2. The summed E-state index contributed by atoms with van der Waals surface area (Å²) in [6, 6.07) is 5.90. The topological polar surface area (TPSA) is 62.5 Å². The number of carbonyl (C=O) groups excluding carboxylic acids is 1. The summed E-state index contributed by atoms with van der Waals surface area (Å²) in [4.78, 5) is 12.7. The minimum absolute atomic E-state index is 0.0298. The standard InChI is InChI=1S/C20H25NO3/c1-11-6-7-14(12(2)8-11)21-19(23)18-13(3)17-15(22)9-20(4,5)10-16(17)24-18/h6-8,15,22H,9-10H2,1-5H3,(H,21,23)/t15-/m1/s1. The van der Waals surface area contributed by atoms with Crippen LogP contribution in [-0.4, -0.2) is 11.0 Å². The van der Waals surface area contributed by atoms with E-state index in [1.54, 1.807) is 0 Å². The molecular weight excluding hydrogens is 302 g/mol. The van der Waals surface area contributed by atoms with E-state index in [2.05, 4.69) is 19.2 Å². The van der Waals surface area contributed by atoms with E-state index in [0.717, 1.165) is 40.1 Å². The van der Waals surface area contributed by atoms with E-state index < -0.39 is 6.10 Å². The molecule has 1 heterocycles. The molecule has 0 unspecified atom stereocenters. The number of furan rings is 1. The number of benzene rings is 1. The predicted molar refractivity (Wildman–Crippen MR) is 94.4 cm³/mol. The van der Waals surface area contributed by atoms with E-state index >= 15 is 0 Å². The molecule has 0 saturated heterocycles. The zero-order chi connectivity index (χ0) is 17.6. The number of fused-ring (bicyclic) bond motifs is 1. The smallest absolute Gasteiger partial charge is 0.291 e. The van der Waals surface area contributed by atoms with Crippen LogP contribution >= 0.6 is 0 Å². The van der Waals surface area contributed by atoms with Crippen molar-refractivity contribution in [1.82, 2.24) is 0 Å². The maximum atomic E-state index is 12.7. The van der Waals surface area contributed by atoms with Gasteiger partial charge in [0, 0.05) is 23.2 Å². The van der Waals surface area contributed by atoms with Gasteiger partial charge in [0.25, 0.3) is 5.91 Å². The molecule has 4 nitrogen and oxygen atoms in total. The number of hydrogen-bond acceptors (Lipinski definition) is 3. The van der Waals surface area contributed by atoms with Crippen molar-refractivity contribution < 1.29 is 14.3 Å². The number of aliphatic hydroxyl groups is 1. The lowest BCUT2D eigenvalue weighted by Gasteiger charge is -2.31. The van der Waals surface area contributed by atoms with Crippen LogP contribution in [0.25, 0.3) is 0 Å². The van der Waals surface area contributed by atoms with Crippen LogP contribution < -0.4 is 5.32 Å². The summed E-state index contributed by atoms with van der Waals surface area (Å²) in [7, 11) is 0. The Morgan fingerprint density at radius 2 is 2.00 bits per heavy atom. The Morgan fingerprint density at radius 1 is 1.29 bits per heavy atom. The third-order valence-electron chi connectivity index (χ3n) is 4.82. The highest BCUT2D eigenvalue weighted by Crippen LogP contribution is 2.44. The summed E-state index contributed by atoms with van der Waals surface area (Å²) in [5.41, 5.74) is 4.45. The van der Waals surface area contributed by atoms with Gasteiger partial charge in [0.15, 0.2) is 5.76 Å². The zero-order valence-corrected chi connectivity index (χ0v) is 15.0. The monoisotopic (exact) mass is 327 g/mol. The van der Waals surface area contributed by atoms with Gasteiger partial charge in [0.2, 0.25) is 0 Å². The number of rotatable bonds is 2. The first-order valence-corrected chi connectivity index (χ1v) is 8.37. The lowest BCUT2D eigenvalue weighted by atomic mass is 9.75. The number of anilines is 1. The molecule has 1 aliphatic carbocycles. The van der Waals surface area contributed by atoms with Crippen LogP contribution in [0.5, 0.6) is 0 Å². The van der Waals surface area contributed by atoms with Gasteiger partial charge >= 0.3 is 0 Å². The van der Waals surface area contributed by atoms with Gasteiger partial charge in [0.1, 0.15) is 5.76 Å². The van der Waals surface area contributed by atoms with E-state index in [9.17, 15) is 9.90 Å². The van der Waals surface area contributed by atoms with Crippen LogP contribution in [0.3, 0.4) is 0 Å². The van der Waals surface area contributed by atoms with Crippen molar-refractivity contribution in [1.29, 1.82) is 0 Å². The highest BCUT2D eigenvalue weighted by molar-refractivity contribution is 6.04. The van der Waals surface area contributed by atoms with Gasteiger partial charge in [-0.15, -0.1) is 0 Å². The average molecular weight is 327 g/mol. The molecule has 0 fully saturated rings. The van der Waals surface area contributed by atoms with Crippen molar-refractivity contribution in [3.63, 3.8) is 0 Å². The Morgan fingerprint density at radius 3 is 2.67 bits per heavy atom. The highest BCUT2D eigenvalue weighted by atomic mass is 16.4. The van der Waals surface area contributed by atoms with Crippen molar-refractivity contribution in [3.8, 4) is 0 Å². The summed E-state index contributed by atoms with van der Waals surface area (Å²) < 4.78 is 5.87. The van der Waals surface area contributed by atoms with Gasteiger partial charge in [-0.2, -0.15) is 0 Å². The largest absolute Gasteiger partial charge is 0.455 e. The molecule has 1 aliphatic rings. The number of hydrogen-bond donors (Lipinski definition) is 2. The number of carbonyl (C=O) groups is 1. The van der Waals surface area contributed by atoms with Crippen LogP contribution in [0, 0.1) is 26.2 Å². The van der Waals surface area contributed by atoms with Gasteiger partial charge in [0.05, 0.1) is 6.10 Å². The first-order chi connectivity index (χ1) is 11.2. The first-order valence-electron chi connectivity index (χ1n) is 8.37. The number of amides is 1. The zero-order valence-electron chi connectivity index (χ0n) is 15.0. The molecule has 0 bridgehead atoms.